The Morgan fingerprint density at radius 2 is 1.96 bits per heavy atom. The molecule has 0 aliphatic heterocycles. The van der Waals surface area contributed by atoms with E-state index in [4.69, 9.17) is 11.6 Å². The van der Waals surface area contributed by atoms with Crippen molar-refractivity contribution in [3.8, 4) is 0 Å². The van der Waals surface area contributed by atoms with Crippen LogP contribution in [0.5, 0.6) is 0 Å². The Morgan fingerprint density at radius 1 is 1.12 bits per heavy atom. The van der Waals surface area contributed by atoms with Crippen molar-refractivity contribution in [2.75, 3.05) is 16.6 Å². The van der Waals surface area contributed by atoms with E-state index in [0.29, 0.717) is 5.69 Å². The predicted molar refractivity (Wildman–Crippen MR) is 106 cm³/mol. The highest BCUT2D eigenvalue weighted by molar-refractivity contribution is 7.92. The fourth-order valence-corrected chi connectivity index (χ4v) is 4.48. The third-order valence-corrected chi connectivity index (χ3v) is 6.16. The van der Waals surface area contributed by atoms with E-state index in [-0.39, 0.29) is 9.92 Å². The molecule has 0 bridgehead atoms. The summed E-state index contributed by atoms with van der Waals surface area (Å²) < 4.78 is 27.3. The van der Waals surface area contributed by atoms with Crippen molar-refractivity contribution in [2.24, 2.45) is 0 Å². The zero-order chi connectivity index (χ0) is 18.4. The van der Waals surface area contributed by atoms with Gasteiger partial charge in [-0.3, -0.25) is 4.72 Å². The first-order valence-electron chi connectivity index (χ1n) is 8.70. The van der Waals surface area contributed by atoms with E-state index in [1.165, 1.54) is 43.5 Å². The minimum absolute atomic E-state index is 0.0459. The number of nitrogens with zero attached hydrogens (tertiary/aromatic N) is 1. The molecular formula is C19H22ClN3O2S. The standard InChI is InChI=1S/C19H22ClN3O2S/c20-17-8-4-5-9-18(17)26(24,25)23-16-10-11-19(22-14-16)21-13-12-15-6-2-1-3-7-15/h4-6,8-11,14,23H,1-3,7,12-13H2,(H,21,22). The van der Waals surface area contributed by atoms with Crippen molar-refractivity contribution < 1.29 is 8.42 Å². The molecule has 0 amide bonds. The first-order valence-corrected chi connectivity index (χ1v) is 10.6. The van der Waals surface area contributed by atoms with Crippen molar-refractivity contribution in [1.82, 2.24) is 4.98 Å². The van der Waals surface area contributed by atoms with Gasteiger partial charge in [0.1, 0.15) is 10.7 Å². The molecule has 1 heterocycles. The van der Waals surface area contributed by atoms with Crippen LogP contribution in [0.1, 0.15) is 32.1 Å². The number of aromatic nitrogens is 1. The summed E-state index contributed by atoms with van der Waals surface area (Å²) in [6, 6.07) is 9.78. The fourth-order valence-electron chi connectivity index (χ4n) is 2.91. The maximum absolute atomic E-state index is 12.4. The van der Waals surface area contributed by atoms with Crippen LogP contribution in [0.3, 0.4) is 0 Å². The highest BCUT2D eigenvalue weighted by Crippen LogP contribution is 2.23. The van der Waals surface area contributed by atoms with Crippen LogP contribution in [0, 0.1) is 0 Å². The molecule has 0 atom stereocenters. The normalized spacial score (nSPS) is 14.6. The van der Waals surface area contributed by atoms with Crippen molar-refractivity contribution in [1.29, 1.82) is 0 Å². The molecule has 2 aromatic rings. The number of pyridine rings is 1. The minimum atomic E-state index is -3.74. The molecule has 0 radical (unpaired) electrons. The third kappa shape index (κ3) is 4.99. The van der Waals surface area contributed by atoms with Gasteiger partial charge in [0.15, 0.2) is 0 Å². The summed E-state index contributed by atoms with van der Waals surface area (Å²) in [5, 5.41) is 3.46. The monoisotopic (exact) mass is 391 g/mol. The largest absolute Gasteiger partial charge is 0.370 e. The topological polar surface area (TPSA) is 71.1 Å². The number of halogens is 1. The van der Waals surface area contributed by atoms with Gasteiger partial charge in [0.25, 0.3) is 10.0 Å². The summed E-state index contributed by atoms with van der Waals surface area (Å²) >= 11 is 5.97. The number of allylic oxidation sites excluding steroid dienone is 1. The SMILES string of the molecule is O=S(=O)(Nc1ccc(NCCC2=CCCCC2)nc1)c1ccccc1Cl. The maximum atomic E-state index is 12.4. The summed E-state index contributed by atoms with van der Waals surface area (Å²) in [6.45, 7) is 0.823. The van der Waals surface area contributed by atoms with Gasteiger partial charge >= 0.3 is 0 Å². The molecule has 0 spiro atoms. The first-order chi connectivity index (χ1) is 12.5. The summed E-state index contributed by atoms with van der Waals surface area (Å²) in [7, 11) is -3.74. The van der Waals surface area contributed by atoms with Gasteiger partial charge in [0.2, 0.25) is 0 Å². The molecule has 7 heteroatoms. The zero-order valence-electron chi connectivity index (χ0n) is 14.4. The number of hydrogen-bond acceptors (Lipinski definition) is 4. The van der Waals surface area contributed by atoms with Gasteiger partial charge in [-0.1, -0.05) is 35.4 Å². The van der Waals surface area contributed by atoms with Crippen molar-refractivity contribution in [3.05, 3.63) is 59.3 Å². The summed E-state index contributed by atoms with van der Waals surface area (Å²) in [4.78, 5) is 4.32. The van der Waals surface area contributed by atoms with E-state index in [1.807, 2.05) is 0 Å². The average molecular weight is 392 g/mol. The Labute approximate surface area is 159 Å². The average Bonchev–Trinajstić information content (AvgIpc) is 2.64. The summed E-state index contributed by atoms with van der Waals surface area (Å²) in [5.41, 5.74) is 1.90. The van der Waals surface area contributed by atoms with Gasteiger partial charge in [-0.05, 0) is 56.4 Å². The van der Waals surface area contributed by atoms with Crippen LogP contribution in [-0.2, 0) is 10.0 Å². The smallest absolute Gasteiger partial charge is 0.263 e. The van der Waals surface area contributed by atoms with E-state index < -0.39 is 10.0 Å². The highest BCUT2D eigenvalue weighted by Gasteiger charge is 2.17. The molecule has 1 aliphatic rings. The van der Waals surface area contributed by atoms with E-state index in [2.05, 4.69) is 21.1 Å². The van der Waals surface area contributed by atoms with Crippen molar-refractivity contribution in [3.63, 3.8) is 0 Å². The molecule has 26 heavy (non-hydrogen) atoms. The lowest BCUT2D eigenvalue weighted by molar-refractivity contribution is 0.601. The predicted octanol–water partition coefficient (Wildman–Crippen LogP) is 4.84. The Bertz CT molecular complexity index is 880. The first kappa shape index (κ1) is 18.7. The number of nitrogens with one attached hydrogen (secondary N) is 2. The summed E-state index contributed by atoms with van der Waals surface area (Å²) in [5.74, 6) is 0.724. The van der Waals surface area contributed by atoms with Gasteiger partial charge in [0.05, 0.1) is 16.9 Å². The Morgan fingerprint density at radius 3 is 2.65 bits per heavy atom. The van der Waals surface area contributed by atoms with Crippen LogP contribution < -0.4 is 10.0 Å². The molecule has 1 aromatic carbocycles. The maximum Gasteiger partial charge on any atom is 0.263 e. The van der Waals surface area contributed by atoms with Crippen molar-refractivity contribution in [2.45, 2.75) is 37.0 Å². The second-order valence-electron chi connectivity index (χ2n) is 6.25. The Hall–Kier alpha value is -2.05. The minimum Gasteiger partial charge on any atom is -0.370 e. The number of anilines is 2. The lowest BCUT2D eigenvalue weighted by Crippen LogP contribution is -2.13. The second kappa shape index (κ2) is 8.56. The molecular weight excluding hydrogens is 370 g/mol. The van der Waals surface area contributed by atoms with Gasteiger partial charge in [0, 0.05) is 6.54 Å². The van der Waals surface area contributed by atoms with Gasteiger partial charge in [-0.2, -0.15) is 0 Å². The highest BCUT2D eigenvalue weighted by atomic mass is 35.5. The zero-order valence-corrected chi connectivity index (χ0v) is 16.0. The molecule has 0 unspecified atom stereocenters. The van der Waals surface area contributed by atoms with Crippen LogP contribution in [0.2, 0.25) is 5.02 Å². The lowest BCUT2D eigenvalue weighted by atomic mass is 9.97. The van der Waals surface area contributed by atoms with Gasteiger partial charge in [-0.25, -0.2) is 13.4 Å². The Kier molecular flexibility index (Phi) is 6.16. The Balaban J connectivity index is 1.57. The summed E-state index contributed by atoms with van der Waals surface area (Å²) in [6.07, 6.45) is 9.81. The van der Waals surface area contributed by atoms with Crippen LogP contribution in [0.25, 0.3) is 0 Å². The van der Waals surface area contributed by atoms with Crippen LogP contribution in [0.15, 0.2) is 59.1 Å². The van der Waals surface area contributed by atoms with E-state index in [0.717, 1.165) is 18.8 Å². The number of sulfonamides is 1. The molecule has 138 valence electrons. The molecule has 2 N–H and O–H groups in total. The molecule has 5 nitrogen and oxygen atoms in total. The van der Waals surface area contributed by atoms with Gasteiger partial charge < -0.3 is 5.32 Å². The van der Waals surface area contributed by atoms with Crippen LogP contribution in [0.4, 0.5) is 11.5 Å². The third-order valence-electron chi connectivity index (χ3n) is 4.28. The fraction of sp³-hybridized carbons (Fsp3) is 0.316. The van der Waals surface area contributed by atoms with Crippen LogP contribution >= 0.6 is 11.6 Å². The lowest BCUT2D eigenvalue weighted by Gasteiger charge is -2.13. The van der Waals surface area contributed by atoms with E-state index in [9.17, 15) is 8.42 Å². The molecule has 0 saturated heterocycles. The van der Waals surface area contributed by atoms with E-state index >= 15 is 0 Å². The number of rotatable bonds is 7. The molecule has 1 aromatic heterocycles. The number of hydrogen-bond donors (Lipinski definition) is 2. The second-order valence-corrected chi connectivity index (χ2v) is 8.31. The molecule has 3 rings (SSSR count). The van der Waals surface area contributed by atoms with Crippen molar-refractivity contribution >= 4 is 33.1 Å². The molecule has 0 saturated carbocycles. The van der Waals surface area contributed by atoms with Crippen LogP contribution in [-0.4, -0.2) is 19.9 Å². The molecule has 0 fully saturated rings. The molecule has 1 aliphatic carbocycles. The van der Waals surface area contributed by atoms with E-state index in [1.54, 1.807) is 30.3 Å². The van der Waals surface area contributed by atoms with Gasteiger partial charge in [-0.15, -0.1) is 0 Å². The quantitative estimate of drug-likeness (QED) is 0.662. The number of benzene rings is 1.